The zero-order chi connectivity index (χ0) is 19.8. The van der Waals surface area contributed by atoms with Gasteiger partial charge in [0.2, 0.25) is 0 Å². The van der Waals surface area contributed by atoms with Gasteiger partial charge in [0.25, 0.3) is 0 Å². The molecule has 2 aromatic heterocycles. The van der Waals surface area contributed by atoms with Crippen molar-refractivity contribution in [2.45, 2.75) is 13.1 Å². The smallest absolute Gasteiger partial charge is 0.157 e. The summed E-state index contributed by atoms with van der Waals surface area (Å²) in [5, 5.41) is 1.54. The molecule has 2 aromatic carbocycles. The van der Waals surface area contributed by atoms with E-state index in [1.165, 1.54) is 11.1 Å². The summed E-state index contributed by atoms with van der Waals surface area (Å²) in [4.78, 5) is 14.0. The molecule has 0 radical (unpaired) electrons. The average molecular weight is 406 g/mol. The Morgan fingerprint density at radius 3 is 2.52 bits per heavy atom. The lowest BCUT2D eigenvalue weighted by molar-refractivity contribution is 0.148. The second kappa shape index (κ2) is 7.75. The molecule has 0 spiro atoms. The van der Waals surface area contributed by atoms with E-state index >= 15 is 0 Å². The van der Waals surface area contributed by atoms with Crippen molar-refractivity contribution in [1.82, 2.24) is 24.3 Å². The van der Waals surface area contributed by atoms with E-state index < -0.39 is 0 Å². The average Bonchev–Trinajstić information content (AvgIpc) is 3.15. The highest BCUT2D eigenvalue weighted by atomic mass is 35.5. The van der Waals surface area contributed by atoms with Gasteiger partial charge >= 0.3 is 0 Å². The van der Waals surface area contributed by atoms with Gasteiger partial charge in [-0.2, -0.15) is 0 Å². The number of aromatic nitrogens is 3. The van der Waals surface area contributed by atoms with Crippen LogP contribution in [0.15, 0.2) is 54.9 Å². The molecule has 0 aliphatic carbocycles. The molecule has 5 nitrogen and oxygen atoms in total. The third-order valence-corrected chi connectivity index (χ3v) is 6.02. The van der Waals surface area contributed by atoms with Crippen LogP contribution in [0.25, 0.3) is 21.9 Å². The number of pyridine rings is 1. The maximum Gasteiger partial charge on any atom is 0.157 e. The highest BCUT2D eigenvalue weighted by Gasteiger charge is 2.15. The van der Waals surface area contributed by atoms with E-state index in [2.05, 4.69) is 61.7 Å². The van der Waals surface area contributed by atoms with Gasteiger partial charge in [-0.05, 0) is 24.2 Å². The van der Waals surface area contributed by atoms with Crippen LogP contribution in [0.2, 0.25) is 5.15 Å². The van der Waals surface area contributed by atoms with Gasteiger partial charge in [-0.15, -0.1) is 0 Å². The summed E-state index contributed by atoms with van der Waals surface area (Å²) in [6.45, 7) is 6.31. The van der Waals surface area contributed by atoms with Crippen LogP contribution in [0, 0.1) is 0 Å². The van der Waals surface area contributed by atoms with Gasteiger partial charge < -0.3 is 9.47 Å². The van der Waals surface area contributed by atoms with E-state index in [1.54, 1.807) is 0 Å². The van der Waals surface area contributed by atoms with Crippen LogP contribution in [-0.4, -0.2) is 57.6 Å². The van der Waals surface area contributed by atoms with Crippen molar-refractivity contribution in [3.63, 3.8) is 0 Å². The number of hydrogen-bond donors (Lipinski definition) is 0. The van der Waals surface area contributed by atoms with Gasteiger partial charge in [-0.25, -0.2) is 9.97 Å². The summed E-state index contributed by atoms with van der Waals surface area (Å²) in [5.74, 6) is 0. The maximum absolute atomic E-state index is 6.40. The highest BCUT2D eigenvalue weighted by Crippen LogP contribution is 2.28. The molecule has 0 amide bonds. The number of imidazole rings is 1. The molecule has 5 rings (SSSR count). The third-order valence-electron chi connectivity index (χ3n) is 5.76. The van der Waals surface area contributed by atoms with Crippen molar-refractivity contribution >= 4 is 33.5 Å². The number of nitrogens with zero attached hydrogens (tertiary/aromatic N) is 5. The fourth-order valence-electron chi connectivity index (χ4n) is 4.15. The number of benzene rings is 2. The molecule has 1 aliphatic heterocycles. The molecule has 3 heterocycles. The van der Waals surface area contributed by atoms with Crippen LogP contribution in [0.1, 0.15) is 11.1 Å². The summed E-state index contributed by atoms with van der Waals surface area (Å²) >= 11 is 6.40. The molecule has 6 heteroatoms. The van der Waals surface area contributed by atoms with Crippen LogP contribution in [0.3, 0.4) is 0 Å². The summed E-state index contributed by atoms with van der Waals surface area (Å²) in [5.41, 5.74) is 5.34. The van der Waals surface area contributed by atoms with Crippen LogP contribution in [0.4, 0.5) is 0 Å². The fourth-order valence-corrected chi connectivity index (χ4v) is 4.38. The quantitative estimate of drug-likeness (QED) is 0.480. The van der Waals surface area contributed by atoms with Crippen LogP contribution in [-0.2, 0) is 13.1 Å². The summed E-state index contributed by atoms with van der Waals surface area (Å²) < 4.78 is 2.18. The zero-order valence-electron chi connectivity index (χ0n) is 16.6. The molecule has 1 fully saturated rings. The third kappa shape index (κ3) is 3.73. The van der Waals surface area contributed by atoms with Crippen LogP contribution in [0.5, 0.6) is 0 Å². The Morgan fingerprint density at radius 2 is 1.69 bits per heavy atom. The highest BCUT2D eigenvalue weighted by molar-refractivity contribution is 6.35. The fraction of sp³-hybridized carbons (Fsp3) is 0.304. The van der Waals surface area contributed by atoms with Crippen LogP contribution < -0.4 is 0 Å². The van der Waals surface area contributed by atoms with E-state index in [0.717, 1.165) is 61.2 Å². The Balaban J connectivity index is 1.44. The van der Waals surface area contributed by atoms with Crippen molar-refractivity contribution in [3.05, 3.63) is 71.1 Å². The van der Waals surface area contributed by atoms with E-state index in [0.29, 0.717) is 5.15 Å². The number of fused-ring (bicyclic) bond motifs is 3. The molecule has 0 saturated carbocycles. The van der Waals surface area contributed by atoms with E-state index in [4.69, 9.17) is 11.6 Å². The van der Waals surface area contributed by atoms with E-state index in [9.17, 15) is 0 Å². The van der Waals surface area contributed by atoms with Crippen molar-refractivity contribution in [3.8, 4) is 0 Å². The first-order valence-electron chi connectivity index (χ1n) is 10.1. The van der Waals surface area contributed by atoms with Crippen LogP contribution >= 0.6 is 11.6 Å². The molecule has 0 atom stereocenters. The summed E-state index contributed by atoms with van der Waals surface area (Å²) in [6, 6.07) is 17.0. The number of likely N-dealkylation sites (N-methyl/N-ethyl adjacent to an activating group) is 1. The number of rotatable bonds is 4. The lowest BCUT2D eigenvalue weighted by atomic mass is 10.1. The molecule has 0 bridgehead atoms. The molecule has 148 valence electrons. The monoisotopic (exact) mass is 405 g/mol. The number of para-hydroxylation sites is 1. The zero-order valence-corrected chi connectivity index (χ0v) is 17.3. The molecule has 29 heavy (non-hydrogen) atoms. The van der Waals surface area contributed by atoms with Gasteiger partial charge in [-0.3, -0.25) is 4.90 Å². The van der Waals surface area contributed by atoms with Gasteiger partial charge in [0.05, 0.1) is 17.4 Å². The van der Waals surface area contributed by atoms with Gasteiger partial charge in [-0.1, -0.05) is 54.1 Å². The van der Waals surface area contributed by atoms with Gasteiger partial charge in [0.15, 0.2) is 5.15 Å². The second-order valence-electron chi connectivity index (χ2n) is 7.89. The molecular formula is C23H24ClN5. The first-order valence-corrected chi connectivity index (χ1v) is 10.4. The Bertz CT molecular complexity index is 1160. The van der Waals surface area contributed by atoms with E-state index in [-0.39, 0.29) is 0 Å². The van der Waals surface area contributed by atoms with Crippen molar-refractivity contribution in [1.29, 1.82) is 0 Å². The molecule has 1 saturated heterocycles. The molecular weight excluding hydrogens is 382 g/mol. The van der Waals surface area contributed by atoms with Gasteiger partial charge in [0.1, 0.15) is 5.52 Å². The summed E-state index contributed by atoms with van der Waals surface area (Å²) in [6.07, 6.45) is 1.87. The SMILES string of the molecule is CN1CCN(Cc2cccc(Cn3cnc4c(Cl)nc5ccccc5c43)c2)CC1. The largest absolute Gasteiger partial charge is 0.325 e. The predicted octanol–water partition coefficient (Wildman–Crippen LogP) is 4.03. The molecule has 0 N–H and O–H groups in total. The van der Waals surface area contributed by atoms with Gasteiger partial charge in [0, 0.05) is 44.7 Å². The normalized spacial score (nSPS) is 16.1. The Kier molecular flexibility index (Phi) is 4.96. The minimum absolute atomic E-state index is 0.460. The minimum atomic E-state index is 0.460. The first-order chi connectivity index (χ1) is 14.2. The number of piperazine rings is 1. The standard InChI is InChI=1S/C23H24ClN5/c1-27-9-11-28(12-10-27)14-17-5-4-6-18(13-17)15-29-16-25-21-22(29)19-7-2-3-8-20(19)26-23(21)24/h2-8,13,16H,9-12,14-15H2,1H3. The van der Waals surface area contributed by atoms with Crippen molar-refractivity contribution in [2.24, 2.45) is 0 Å². The molecule has 1 aliphatic rings. The molecule has 0 unspecified atom stereocenters. The Labute approximate surface area is 175 Å². The lowest BCUT2D eigenvalue weighted by Gasteiger charge is -2.32. The predicted molar refractivity (Wildman–Crippen MR) is 118 cm³/mol. The maximum atomic E-state index is 6.40. The second-order valence-corrected chi connectivity index (χ2v) is 8.25. The Hall–Kier alpha value is -2.47. The lowest BCUT2D eigenvalue weighted by Crippen LogP contribution is -2.43. The first kappa shape index (κ1) is 18.6. The topological polar surface area (TPSA) is 37.2 Å². The summed E-state index contributed by atoms with van der Waals surface area (Å²) in [7, 11) is 2.19. The minimum Gasteiger partial charge on any atom is -0.325 e. The van der Waals surface area contributed by atoms with Crippen molar-refractivity contribution in [2.75, 3.05) is 33.2 Å². The molecule has 4 aromatic rings. The Morgan fingerprint density at radius 1 is 0.931 bits per heavy atom. The van der Waals surface area contributed by atoms with E-state index in [1.807, 2.05) is 24.5 Å². The number of hydrogen-bond acceptors (Lipinski definition) is 4. The van der Waals surface area contributed by atoms with Crippen molar-refractivity contribution < 1.29 is 0 Å². The number of halogens is 1.